The molecule has 2 unspecified atom stereocenters. The molecule has 2 aromatic rings. The highest BCUT2D eigenvalue weighted by atomic mass is 19.1. The van der Waals surface area contributed by atoms with Gasteiger partial charge in [-0.1, -0.05) is 26.0 Å². The lowest BCUT2D eigenvalue weighted by atomic mass is 9.70. The van der Waals surface area contributed by atoms with Crippen LogP contribution in [0.15, 0.2) is 53.8 Å². The van der Waals surface area contributed by atoms with Crippen LogP contribution in [0.5, 0.6) is 0 Å². The van der Waals surface area contributed by atoms with Crippen LogP contribution in [0.2, 0.25) is 0 Å². The monoisotopic (exact) mass is 415 g/mol. The Labute approximate surface area is 176 Å². The zero-order chi connectivity index (χ0) is 22.1. The third-order valence-electron chi connectivity index (χ3n) is 5.99. The fourth-order valence-electron chi connectivity index (χ4n) is 4.66. The first-order valence-electron chi connectivity index (χ1n) is 10.2. The van der Waals surface area contributed by atoms with Gasteiger partial charge in [-0.2, -0.15) is 5.10 Å². The molecule has 30 heavy (non-hydrogen) atoms. The van der Waals surface area contributed by atoms with Crippen LogP contribution in [0.3, 0.4) is 0 Å². The summed E-state index contributed by atoms with van der Waals surface area (Å²) >= 11 is 0. The topological polar surface area (TPSA) is 41.6 Å². The number of allylic oxidation sites excluding steroid dienone is 1. The maximum atomic E-state index is 14.6. The molecule has 0 spiro atoms. The quantitative estimate of drug-likeness (QED) is 0.637. The fraction of sp³-hybridized carbons (Fsp3) is 0.375. The summed E-state index contributed by atoms with van der Waals surface area (Å²) in [6.45, 7) is 10.3. The standard InChI is InChI=1S/C24H28F3N3/c1-5-17(10-11-28)24(21-13-19(26)7-6-16(21)4)14-23(29-30(24)15(2)3)20-12-18(25)8-9-22(20)27/h6-9,12-13,17H,2,5,10-11,14,28H2,1,3-4H3. The Morgan fingerprint density at radius 2 is 1.87 bits per heavy atom. The molecule has 0 saturated carbocycles. The molecule has 6 heteroatoms. The van der Waals surface area contributed by atoms with Crippen molar-refractivity contribution < 1.29 is 13.2 Å². The van der Waals surface area contributed by atoms with Crippen LogP contribution < -0.4 is 5.73 Å². The van der Waals surface area contributed by atoms with Gasteiger partial charge >= 0.3 is 0 Å². The predicted molar refractivity (Wildman–Crippen MR) is 114 cm³/mol. The normalized spacial score (nSPS) is 19.7. The Morgan fingerprint density at radius 3 is 2.50 bits per heavy atom. The molecule has 0 fully saturated rings. The first-order chi connectivity index (χ1) is 14.2. The minimum atomic E-state index is -0.791. The molecule has 3 nitrogen and oxygen atoms in total. The van der Waals surface area contributed by atoms with Crippen molar-refractivity contribution in [3.8, 4) is 0 Å². The van der Waals surface area contributed by atoms with Crippen LogP contribution in [-0.4, -0.2) is 17.3 Å². The van der Waals surface area contributed by atoms with Gasteiger partial charge in [0.1, 0.15) is 17.5 Å². The van der Waals surface area contributed by atoms with Gasteiger partial charge in [0.2, 0.25) is 0 Å². The molecule has 1 aliphatic heterocycles. The SMILES string of the molecule is C=C(C)N1N=C(c2cc(F)ccc2F)CC1(c1cc(F)ccc1C)C(CC)CCN. The molecule has 2 aromatic carbocycles. The minimum Gasteiger partial charge on any atom is -0.330 e. The Morgan fingerprint density at radius 1 is 1.20 bits per heavy atom. The van der Waals surface area contributed by atoms with Crippen LogP contribution in [-0.2, 0) is 5.54 Å². The van der Waals surface area contributed by atoms with Gasteiger partial charge in [0.25, 0.3) is 0 Å². The molecule has 2 N–H and O–H groups in total. The number of rotatable bonds is 7. The summed E-state index contributed by atoms with van der Waals surface area (Å²) in [7, 11) is 0. The third-order valence-corrected chi connectivity index (χ3v) is 5.99. The predicted octanol–water partition coefficient (Wildman–Crippen LogP) is 5.63. The summed E-state index contributed by atoms with van der Waals surface area (Å²) in [5, 5.41) is 6.45. The number of halogens is 3. The number of hydrazone groups is 1. The molecular weight excluding hydrogens is 387 g/mol. The summed E-state index contributed by atoms with van der Waals surface area (Å²) in [5.41, 5.74) is 7.96. The molecule has 0 aromatic heterocycles. The minimum absolute atomic E-state index is 0.00225. The highest BCUT2D eigenvalue weighted by molar-refractivity contribution is 6.02. The zero-order valence-electron chi connectivity index (χ0n) is 17.7. The second-order valence-corrected chi connectivity index (χ2v) is 7.96. The third kappa shape index (κ3) is 3.76. The maximum absolute atomic E-state index is 14.6. The van der Waals surface area contributed by atoms with Gasteiger partial charge in [0.05, 0.1) is 11.3 Å². The van der Waals surface area contributed by atoms with E-state index in [0.717, 1.165) is 35.7 Å². The van der Waals surface area contributed by atoms with E-state index in [1.165, 1.54) is 12.1 Å². The first kappa shape index (κ1) is 22.1. The number of nitrogens with zero attached hydrogens (tertiary/aromatic N) is 2. The van der Waals surface area contributed by atoms with Crippen LogP contribution in [0, 0.1) is 30.3 Å². The van der Waals surface area contributed by atoms with Gasteiger partial charge < -0.3 is 5.73 Å². The van der Waals surface area contributed by atoms with E-state index in [0.29, 0.717) is 30.8 Å². The van der Waals surface area contributed by atoms with Crippen molar-refractivity contribution in [3.05, 3.63) is 82.8 Å². The van der Waals surface area contributed by atoms with E-state index in [-0.39, 0.29) is 17.3 Å². The van der Waals surface area contributed by atoms with Crippen molar-refractivity contribution in [2.75, 3.05) is 6.54 Å². The highest BCUT2D eigenvalue weighted by Gasteiger charge is 2.50. The summed E-state index contributed by atoms with van der Waals surface area (Å²) in [6.07, 6.45) is 1.72. The van der Waals surface area contributed by atoms with E-state index in [1.807, 2.05) is 20.8 Å². The molecule has 0 amide bonds. The Bertz CT molecular complexity index is 986. The van der Waals surface area contributed by atoms with Crippen molar-refractivity contribution in [2.45, 2.75) is 45.6 Å². The van der Waals surface area contributed by atoms with E-state index >= 15 is 0 Å². The molecule has 3 rings (SSSR count). The summed E-state index contributed by atoms with van der Waals surface area (Å²) in [6, 6.07) is 8.01. The smallest absolute Gasteiger partial charge is 0.132 e. The van der Waals surface area contributed by atoms with Gasteiger partial charge in [0.15, 0.2) is 0 Å². The molecular formula is C24H28F3N3. The van der Waals surface area contributed by atoms with E-state index in [4.69, 9.17) is 10.8 Å². The maximum Gasteiger partial charge on any atom is 0.132 e. The average molecular weight is 416 g/mol. The van der Waals surface area contributed by atoms with Gasteiger partial charge in [-0.3, -0.25) is 5.01 Å². The van der Waals surface area contributed by atoms with Crippen LogP contribution >= 0.6 is 0 Å². The molecule has 0 radical (unpaired) electrons. The average Bonchev–Trinajstić information content (AvgIpc) is 3.11. The molecule has 1 heterocycles. The molecule has 2 atom stereocenters. The van der Waals surface area contributed by atoms with E-state index in [9.17, 15) is 13.2 Å². The lowest BCUT2D eigenvalue weighted by molar-refractivity contribution is 0.0773. The number of nitrogens with two attached hydrogens (primary N) is 1. The van der Waals surface area contributed by atoms with Crippen molar-refractivity contribution in [3.63, 3.8) is 0 Å². The summed E-state index contributed by atoms with van der Waals surface area (Å²) in [4.78, 5) is 0. The number of hydrogen-bond donors (Lipinski definition) is 1. The number of hydrogen-bond acceptors (Lipinski definition) is 3. The van der Waals surface area contributed by atoms with Gasteiger partial charge in [0, 0.05) is 17.7 Å². The van der Waals surface area contributed by atoms with E-state index in [1.54, 1.807) is 11.1 Å². The largest absolute Gasteiger partial charge is 0.330 e. The van der Waals surface area contributed by atoms with Crippen molar-refractivity contribution in [1.29, 1.82) is 0 Å². The summed E-state index contributed by atoms with van der Waals surface area (Å²) in [5.74, 6) is -1.44. The number of benzene rings is 2. The van der Waals surface area contributed by atoms with Crippen molar-refractivity contribution in [1.82, 2.24) is 5.01 Å². The molecule has 1 aliphatic rings. The Hall–Kier alpha value is -2.60. The van der Waals surface area contributed by atoms with Crippen LogP contribution in [0.4, 0.5) is 13.2 Å². The molecule has 0 saturated heterocycles. The van der Waals surface area contributed by atoms with Gasteiger partial charge in [-0.15, -0.1) is 0 Å². The highest BCUT2D eigenvalue weighted by Crippen LogP contribution is 2.50. The van der Waals surface area contributed by atoms with Crippen LogP contribution in [0.25, 0.3) is 0 Å². The first-order valence-corrected chi connectivity index (χ1v) is 10.2. The fourth-order valence-corrected chi connectivity index (χ4v) is 4.66. The zero-order valence-corrected chi connectivity index (χ0v) is 17.7. The summed E-state index contributed by atoms with van der Waals surface area (Å²) < 4.78 is 42.9. The van der Waals surface area contributed by atoms with Crippen molar-refractivity contribution >= 4 is 5.71 Å². The second-order valence-electron chi connectivity index (χ2n) is 7.96. The lowest BCUT2D eigenvalue weighted by Gasteiger charge is -2.45. The molecule has 0 aliphatic carbocycles. The van der Waals surface area contributed by atoms with Crippen LogP contribution in [0.1, 0.15) is 49.8 Å². The lowest BCUT2D eigenvalue weighted by Crippen LogP contribution is -2.46. The number of aryl methyl sites for hydroxylation is 1. The Balaban J connectivity index is 2.27. The van der Waals surface area contributed by atoms with Crippen molar-refractivity contribution in [2.24, 2.45) is 16.8 Å². The molecule has 160 valence electrons. The van der Waals surface area contributed by atoms with E-state index in [2.05, 4.69) is 6.58 Å². The van der Waals surface area contributed by atoms with E-state index < -0.39 is 17.2 Å². The van der Waals surface area contributed by atoms with Gasteiger partial charge in [-0.25, -0.2) is 13.2 Å². The second kappa shape index (κ2) is 8.64. The van der Waals surface area contributed by atoms with Gasteiger partial charge in [-0.05, 0) is 74.2 Å². The molecule has 0 bridgehead atoms. The Kier molecular flexibility index (Phi) is 6.36.